The van der Waals surface area contributed by atoms with Crippen molar-refractivity contribution >= 4 is 11.8 Å². The van der Waals surface area contributed by atoms with E-state index in [-0.39, 0.29) is 37.1 Å². The normalized spacial score (nSPS) is 13.2. The molecule has 15 heavy (non-hydrogen) atoms. The highest BCUT2D eigenvalue weighted by molar-refractivity contribution is 8.00. The highest BCUT2D eigenvalue weighted by Crippen LogP contribution is 2.35. The van der Waals surface area contributed by atoms with Crippen LogP contribution in [0.2, 0.25) is 0 Å². The molecule has 0 fully saturated rings. The number of hydrogen-bond acceptors (Lipinski definition) is 3. The summed E-state index contributed by atoms with van der Waals surface area (Å²) >= 11 is -0.105. The van der Waals surface area contributed by atoms with E-state index in [1.54, 1.807) is 0 Å². The van der Waals surface area contributed by atoms with E-state index in [4.69, 9.17) is 10.2 Å². The van der Waals surface area contributed by atoms with Gasteiger partial charge < -0.3 is 10.2 Å². The van der Waals surface area contributed by atoms with Crippen molar-refractivity contribution in [2.75, 3.05) is 19.0 Å². The third kappa shape index (κ3) is 6.27. The Morgan fingerprint density at radius 2 is 1.60 bits per heavy atom. The molecule has 0 saturated carbocycles. The van der Waals surface area contributed by atoms with Crippen LogP contribution in [0.5, 0.6) is 0 Å². The van der Waals surface area contributed by atoms with Gasteiger partial charge in [-0.25, -0.2) is 0 Å². The van der Waals surface area contributed by atoms with Gasteiger partial charge in [0.15, 0.2) is 0 Å². The molecule has 0 amide bonds. The number of thioether (sulfide) groups is 1. The van der Waals surface area contributed by atoms with Crippen molar-refractivity contribution in [2.45, 2.75) is 31.7 Å². The molecule has 92 valence electrons. The molecule has 2 nitrogen and oxygen atoms in total. The first-order chi connectivity index (χ1) is 6.89. The van der Waals surface area contributed by atoms with Crippen LogP contribution < -0.4 is 0 Å². The van der Waals surface area contributed by atoms with Gasteiger partial charge in [0.25, 0.3) is 0 Å². The van der Waals surface area contributed by atoms with E-state index < -0.39 is 10.9 Å². The number of aliphatic hydroxyl groups is 2. The Morgan fingerprint density at radius 3 is 1.93 bits per heavy atom. The minimum atomic E-state index is -4.23. The third-order valence-electron chi connectivity index (χ3n) is 2.35. The fraction of sp³-hybridized carbons (Fsp3) is 1.00. The van der Waals surface area contributed by atoms with Crippen molar-refractivity contribution in [1.29, 1.82) is 0 Å². The number of halogens is 3. The monoisotopic (exact) mass is 246 g/mol. The van der Waals surface area contributed by atoms with E-state index in [0.717, 1.165) is 6.42 Å². The van der Waals surface area contributed by atoms with Crippen LogP contribution in [0.1, 0.15) is 26.2 Å². The summed E-state index contributed by atoms with van der Waals surface area (Å²) < 4.78 is 35.6. The summed E-state index contributed by atoms with van der Waals surface area (Å²) in [6, 6.07) is 0. The number of rotatable bonds is 7. The zero-order valence-corrected chi connectivity index (χ0v) is 9.50. The van der Waals surface area contributed by atoms with E-state index in [1.807, 2.05) is 6.92 Å². The van der Waals surface area contributed by atoms with Gasteiger partial charge in [-0.15, -0.1) is 0 Å². The largest absolute Gasteiger partial charge is 0.441 e. The van der Waals surface area contributed by atoms with E-state index in [1.165, 1.54) is 0 Å². The lowest BCUT2D eigenvalue weighted by molar-refractivity contribution is -0.0332. The summed E-state index contributed by atoms with van der Waals surface area (Å²) in [5, 5.41) is 18.2. The van der Waals surface area contributed by atoms with Crippen molar-refractivity contribution < 1.29 is 23.4 Å². The SMILES string of the molecule is CCCC(CO)(CO)CCSC(F)(F)F. The Kier molecular flexibility index (Phi) is 6.63. The molecule has 0 aromatic rings. The molecule has 0 aliphatic carbocycles. The van der Waals surface area contributed by atoms with Crippen LogP contribution in [0.3, 0.4) is 0 Å². The van der Waals surface area contributed by atoms with E-state index >= 15 is 0 Å². The standard InChI is InChI=1S/C9H17F3O2S/c1-2-3-8(6-13,7-14)4-5-15-9(10,11)12/h13-14H,2-7H2,1H3. The second-order valence-corrected chi connectivity index (χ2v) is 4.77. The molecule has 0 aromatic heterocycles. The van der Waals surface area contributed by atoms with Gasteiger partial charge in [-0.1, -0.05) is 25.1 Å². The lowest BCUT2D eigenvalue weighted by atomic mass is 9.82. The van der Waals surface area contributed by atoms with Gasteiger partial charge >= 0.3 is 5.51 Å². The van der Waals surface area contributed by atoms with Gasteiger partial charge in [0.05, 0.1) is 13.2 Å². The number of hydrogen-bond donors (Lipinski definition) is 2. The maximum atomic E-state index is 11.9. The summed E-state index contributed by atoms with van der Waals surface area (Å²) in [4.78, 5) is 0. The fourth-order valence-electron chi connectivity index (χ4n) is 1.40. The Hall–Kier alpha value is 0.0600. The molecule has 0 atom stereocenters. The van der Waals surface area contributed by atoms with Gasteiger partial charge in [-0.3, -0.25) is 0 Å². The second kappa shape index (κ2) is 6.60. The molecule has 0 aliphatic heterocycles. The molecule has 0 radical (unpaired) electrons. The summed E-state index contributed by atoms with van der Waals surface area (Å²) in [5.74, 6) is -0.120. The van der Waals surface area contributed by atoms with Crippen LogP contribution in [-0.4, -0.2) is 34.7 Å². The lowest BCUT2D eigenvalue weighted by Crippen LogP contribution is -2.30. The Labute approximate surface area is 91.9 Å². The van der Waals surface area contributed by atoms with Gasteiger partial charge in [0.2, 0.25) is 0 Å². The molecule has 6 heteroatoms. The first kappa shape index (κ1) is 15.1. The highest BCUT2D eigenvalue weighted by atomic mass is 32.2. The number of aliphatic hydroxyl groups excluding tert-OH is 2. The smallest absolute Gasteiger partial charge is 0.396 e. The second-order valence-electron chi connectivity index (χ2n) is 3.61. The molecule has 0 aromatic carbocycles. The zero-order chi connectivity index (χ0) is 11.9. The van der Waals surface area contributed by atoms with Gasteiger partial charge in [-0.05, 0) is 12.8 Å². The molecule has 0 heterocycles. The predicted molar refractivity (Wildman–Crippen MR) is 54.6 cm³/mol. The van der Waals surface area contributed by atoms with Gasteiger partial charge in [0, 0.05) is 11.2 Å². The van der Waals surface area contributed by atoms with Crippen LogP contribution in [0.15, 0.2) is 0 Å². The summed E-state index contributed by atoms with van der Waals surface area (Å²) in [5.41, 5.74) is -4.99. The van der Waals surface area contributed by atoms with E-state index in [9.17, 15) is 13.2 Å². The Bertz CT molecular complexity index is 169. The quantitative estimate of drug-likeness (QED) is 0.724. The van der Waals surface area contributed by atoms with Crippen LogP contribution in [0, 0.1) is 5.41 Å². The van der Waals surface area contributed by atoms with Crippen LogP contribution >= 0.6 is 11.8 Å². The van der Waals surface area contributed by atoms with Crippen LogP contribution in [-0.2, 0) is 0 Å². The molecule has 0 bridgehead atoms. The molecular weight excluding hydrogens is 229 g/mol. The Morgan fingerprint density at radius 1 is 1.07 bits per heavy atom. The van der Waals surface area contributed by atoms with Gasteiger partial charge in [0.1, 0.15) is 0 Å². The van der Waals surface area contributed by atoms with Crippen molar-refractivity contribution in [3.05, 3.63) is 0 Å². The fourth-order valence-corrected chi connectivity index (χ4v) is 2.17. The molecule has 0 unspecified atom stereocenters. The van der Waals surface area contributed by atoms with Crippen LogP contribution in [0.25, 0.3) is 0 Å². The minimum Gasteiger partial charge on any atom is -0.396 e. The topological polar surface area (TPSA) is 40.5 Å². The summed E-state index contributed by atoms with van der Waals surface area (Å²) in [6.07, 6.45) is 1.45. The zero-order valence-electron chi connectivity index (χ0n) is 8.68. The lowest BCUT2D eigenvalue weighted by Gasteiger charge is -2.29. The molecule has 0 saturated heterocycles. The molecule has 0 aliphatic rings. The maximum Gasteiger partial charge on any atom is 0.441 e. The predicted octanol–water partition coefficient (Wildman–Crippen LogP) is 2.40. The molecule has 2 N–H and O–H groups in total. The Balaban J connectivity index is 4.06. The van der Waals surface area contributed by atoms with Crippen molar-refractivity contribution in [2.24, 2.45) is 5.41 Å². The molecular formula is C9H17F3O2S. The van der Waals surface area contributed by atoms with Crippen LogP contribution in [0.4, 0.5) is 13.2 Å². The molecule has 0 spiro atoms. The summed E-state index contributed by atoms with van der Waals surface area (Å²) in [6.45, 7) is 1.34. The first-order valence-corrected chi connectivity index (χ1v) is 5.80. The van der Waals surface area contributed by atoms with Crippen molar-refractivity contribution in [1.82, 2.24) is 0 Å². The van der Waals surface area contributed by atoms with Gasteiger partial charge in [-0.2, -0.15) is 13.2 Å². The number of alkyl halides is 3. The average Bonchev–Trinajstić information content (AvgIpc) is 2.14. The summed E-state index contributed by atoms with van der Waals surface area (Å²) in [7, 11) is 0. The first-order valence-electron chi connectivity index (χ1n) is 4.81. The maximum absolute atomic E-state index is 11.9. The average molecular weight is 246 g/mol. The van der Waals surface area contributed by atoms with Crippen molar-refractivity contribution in [3.8, 4) is 0 Å². The highest BCUT2D eigenvalue weighted by Gasteiger charge is 2.32. The minimum absolute atomic E-state index is 0.105. The third-order valence-corrected chi connectivity index (χ3v) is 3.08. The van der Waals surface area contributed by atoms with E-state index in [0.29, 0.717) is 6.42 Å². The van der Waals surface area contributed by atoms with Crippen molar-refractivity contribution in [3.63, 3.8) is 0 Å². The van der Waals surface area contributed by atoms with E-state index in [2.05, 4.69) is 0 Å². The molecule has 0 rings (SSSR count).